The van der Waals surface area contributed by atoms with E-state index < -0.39 is 8.07 Å². The summed E-state index contributed by atoms with van der Waals surface area (Å²) in [6.45, 7) is 4.95. The fourth-order valence-electron chi connectivity index (χ4n) is 7.32. The van der Waals surface area contributed by atoms with Crippen molar-refractivity contribution in [2.24, 2.45) is 0 Å². The number of hydrogen-bond acceptors (Lipinski definition) is 2. The van der Waals surface area contributed by atoms with E-state index in [4.69, 9.17) is 4.42 Å². The Kier molecular flexibility index (Phi) is 5.68. The van der Waals surface area contributed by atoms with Crippen LogP contribution in [0.15, 0.2) is 156 Å². The van der Waals surface area contributed by atoms with Gasteiger partial charge < -0.3 is 9.32 Å². The van der Waals surface area contributed by atoms with Gasteiger partial charge in [-0.05, 0) is 86.4 Å². The van der Waals surface area contributed by atoms with Crippen LogP contribution in [0.3, 0.4) is 0 Å². The molecule has 1 aliphatic rings. The Bertz CT molecular complexity index is 2400. The monoisotopic (exact) mass is 593 g/mol. The molecule has 2 heterocycles. The summed E-state index contributed by atoms with van der Waals surface area (Å²) in [4.78, 5) is 2.38. The summed E-state index contributed by atoms with van der Waals surface area (Å²) in [7, 11) is -1.99. The lowest BCUT2D eigenvalue weighted by molar-refractivity contribution is 0.670. The fourth-order valence-corrected chi connectivity index (χ4v) is 10.4. The van der Waals surface area contributed by atoms with Crippen molar-refractivity contribution in [1.82, 2.24) is 0 Å². The van der Waals surface area contributed by atoms with Gasteiger partial charge in [0.2, 0.25) is 0 Å². The molecule has 7 aromatic carbocycles. The third-order valence-corrected chi connectivity index (χ3v) is 13.2. The number of nitrogens with zero attached hydrogens (tertiary/aromatic N) is 1. The molecule has 1 aliphatic heterocycles. The molecular weight excluding hydrogens is 563 g/mol. The summed E-state index contributed by atoms with van der Waals surface area (Å²) in [5, 5.41) is 7.81. The first kappa shape index (κ1) is 26.1. The average Bonchev–Trinajstić information content (AvgIpc) is 3.58. The van der Waals surface area contributed by atoms with Crippen LogP contribution in [0.2, 0.25) is 13.1 Å². The number of benzene rings is 7. The maximum absolute atomic E-state index is 6.54. The number of hydrogen-bond donors (Lipinski definition) is 0. The van der Waals surface area contributed by atoms with Crippen LogP contribution in [0.5, 0.6) is 0 Å². The van der Waals surface area contributed by atoms with Crippen LogP contribution in [0.4, 0.5) is 17.1 Å². The molecule has 0 unspecified atom stereocenters. The van der Waals surface area contributed by atoms with Crippen LogP contribution < -0.4 is 15.3 Å². The van der Waals surface area contributed by atoms with Crippen molar-refractivity contribution in [2.75, 3.05) is 4.90 Å². The molecule has 9 rings (SSSR count). The Balaban J connectivity index is 1.17. The predicted octanol–water partition coefficient (Wildman–Crippen LogP) is 10.7. The molecule has 1 aromatic heterocycles. The summed E-state index contributed by atoms with van der Waals surface area (Å²) in [6.07, 6.45) is 0. The van der Waals surface area contributed by atoms with Crippen molar-refractivity contribution in [3.05, 3.63) is 152 Å². The molecule has 0 radical (unpaired) electrons. The number of rotatable bonds is 4. The van der Waals surface area contributed by atoms with Crippen molar-refractivity contribution >= 4 is 68.2 Å². The van der Waals surface area contributed by atoms with E-state index in [-0.39, 0.29) is 0 Å². The van der Waals surface area contributed by atoms with Gasteiger partial charge in [-0.2, -0.15) is 0 Å². The van der Waals surface area contributed by atoms with Gasteiger partial charge in [-0.15, -0.1) is 0 Å². The molecule has 0 saturated heterocycles. The molecule has 0 fully saturated rings. The Morgan fingerprint density at radius 1 is 0.489 bits per heavy atom. The van der Waals surface area contributed by atoms with Gasteiger partial charge >= 0.3 is 0 Å². The highest BCUT2D eigenvalue weighted by Gasteiger charge is 2.40. The van der Waals surface area contributed by atoms with Crippen LogP contribution in [-0.2, 0) is 0 Å². The standard InChI is InChI=1S/C42H31NOSi/c1-45(2)39-25-24-36-35-14-8-9-15-38(35)44-42(36)41(39)37-23-22-34(27-40(37)45)43(32-12-4-3-5-13-32)33-20-18-29(19-21-33)31-17-16-28-10-6-7-11-30(28)26-31/h3-27H,1-2H3. The first-order valence-electron chi connectivity index (χ1n) is 15.6. The zero-order valence-corrected chi connectivity index (χ0v) is 26.3. The zero-order chi connectivity index (χ0) is 30.1. The lowest BCUT2D eigenvalue weighted by atomic mass is 10.0. The van der Waals surface area contributed by atoms with E-state index in [0.29, 0.717) is 0 Å². The summed E-state index contributed by atoms with van der Waals surface area (Å²) >= 11 is 0. The average molecular weight is 594 g/mol. The lowest BCUT2D eigenvalue weighted by Crippen LogP contribution is -2.49. The van der Waals surface area contributed by atoms with Crippen molar-refractivity contribution in [1.29, 1.82) is 0 Å². The van der Waals surface area contributed by atoms with Gasteiger partial charge in [-0.1, -0.05) is 116 Å². The quantitative estimate of drug-likeness (QED) is 0.189. The summed E-state index contributed by atoms with van der Waals surface area (Å²) in [5.74, 6) is 0. The molecule has 0 aliphatic carbocycles. The molecule has 8 aromatic rings. The van der Waals surface area contributed by atoms with E-state index in [1.165, 1.54) is 59.9 Å². The van der Waals surface area contributed by atoms with Gasteiger partial charge in [0.15, 0.2) is 0 Å². The van der Waals surface area contributed by atoms with E-state index in [0.717, 1.165) is 22.5 Å². The van der Waals surface area contributed by atoms with Crippen LogP contribution in [-0.4, -0.2) is 8.07 Å². The van der Waals surface area contributed by atoms with Crippen molar-refractivity contribution in [3.8, 4) is 22.3 Å². The second-order valence-corrected chi connectivity index (χ2v) is 16.9. The molecule has 2 nitrogen and oxygen atoms in total. The van der Waals surface area contributed by atoms with Crippen LogP contribution in [0.1, 0.15) is 0 Å². The summed E-state index contributed by atoms with van der Waals surface area (Å²) < 4.78 is 6.54. The van der Waals surface area contributed by atoms with Gasteiger partial charge in [-0.3, -0.25) is 0 Å². The Labute approximate surface area is 263 Å². The molecule has 0 atom stereocenters. The minimum atomic E-state index is -1.99. The van der Waals surface area contributed by atoms with Crippen molar-refractivity contribution < 1.29 is 4.42 Å². The fraction of sp³-hybridized carbons (Fsp3) is 0.0476. The van der Waals surface area contributed by atoms with Crippen molar-refractivity contribution in [3.63, 3.8) is 0 Å². The van der Waals surface area contributed by atoms with Crippen LogP contribution in [0.25, 0.3) is 55.0 Å². The number of anilines is 3. The molecule has 214 valence electrons. The molecule has 0 bridgehead atoms. The predicted molar refractivity (Wildman–Crippen MR) is 194 cm³/mol. The number of fused-ring (bicyclic) bond motifs is 8. The third-order valence-electron chi connectivity index (χ3n) is 9.65. The Morgan fingerprint density at radius 2 is 1.18 bits per heavy atom. The third kappa shape index (κ3) is 4.01. The second-order valence-electron chi connectivity index (χ2n) is 12.6. The maximum atomic E-state index is 6.54. The largest absolute Gasteiger partial charge is 0.455 e. The van der Waals surface area contributed by atoms with Crippen LogP contribution in [0, 0.1) is 0 Å². The zero-order valence-electron chi connectivity index (χ0n) is 25.3. The SMILES string of the molecule is C[Si]1(C)c2cc(N(c3ccccc3)c3ccc(-c4ccc5ccccc5c4)cc3)ccc2-c2c1ccc1c2oc2ccccc21. The molecule has 0 N–H and O–H groups in total. The van der Waals surface area contributed by atoms with E-state index in [2.05, 4.69) is 170 Å². The number of para-hydroxylation sites is 2. The first-order valence-corrected chi connectivity index (χ1v) is 18.6. The first-order chi connectivity index (χ1) is 22.1. The number of furan rings is 1. The summed E-state index contributed by atoms with van der Waals surface area (Å²) in [6, 6.07) is 55.0. The lowest BCUT2D eigenvalue weighted by Gasteiger charge is -2.27. The minimum absolute atomic E-state index is 0.952. The van der Waals surface area contributed by atoms with Gasteiger partial charge in [0.25, 0.3) is 0 Å². The highest BCUT2D eigenvalue weighted by Crippen LogP contribution is 2.42. The molecule has 3 heteroatoms. The van der Waals surface area contributed by atoms with Gasteiger partial charge in [0.1, 0.15) is 19.2 Å². The molecule has 0 saturated carbocycles. The van der Waals surface area contributed by atoms with E-state index in [1.54, 1.807) is 0 Å². The Morgan fingerprint density at radius 3 is 2.02 bits per heavy atom. The van der Waals surface area contributed by atoms with Gasteiger partial charge in [0, 0.05) is 33.4 Å². The molecular formula is C42H31NOSi. The van der Waals surface area contributed by atoms with Crippen LogP contribution >= 0.6 is 0 Å². The smallest absolute Gasteiger partial charge is 0.143 e. The molecule has 0 amide bonds. The van der Waals surface area contributed by atoms with Crippen molar-refractivity contribution in [2.45, 2.75) is 13.1 Å². The maximum Gasteiger partial charge on any atom is 0.143 e. The highest BCUT2D eigenvalue weighted by molar-refractivity contribution is 7.04. The normalized spacial score (nSPS) is 13.3. The minimum Gasteiger partial charge on any atom is -0.455 e. The Hall–Kier alpha value is -5.38. The van der Waals surface area contributed by atoms with E-state index in [9.17, 15) is 0 Å². The highest BCUT2D eigenvalue weighted by atomic mass is 28.3. The van der Waals surface area contributed by atoms with Gasteiger partial charge in [0.05, 0.1) is 0 Å². The topological polar surface area (TPSA) is 16.4 Å². The van der Waals surface area contributed by atoms with E-state index in [1.807, 2.05) is 0 Å². The molecule has 0 spiro atoms. The molecule has 45 heavy (non-hydrogen) atoms. The second kappa shape index (κ2) is 9.81. The van der Waals surface area contributed by atoms with Gasteiger partial charge in [-0.25, -0.2) is 0 Å². The van der Waals surface area contributed by atoms with E-state index >= 15 is 0 Å². The summed E-state index contributed by atoms with van der Waals surface area (Å²) in [5.41, 5.74) is 10.5.